The average Bonchev–Trinajstić information content (AvgIpc) is 2.67. The zero-order valence-electron chi connectivity index (χ0n) is 10.4. The van der Waals surface area contributed by atoms with Crippen LogP contribution in [0.15, 0.2) is 42.0 Å². The highest BCUT2D eigenvalue weighted by molar-refractivity contribution is 6.31. The fraction of sp³-hybridized carbons (Fsp3) is 0.267. The molecule has 0 N–H and O–H groups in total. The second kappa shape index (κ2) is 4.62. The van der Waals surface area contributed by atoms with Crippen molar-refractivity contribution in [3.63, 3.8) is 0 Å². The lowest BCUT2D eigenvalue weighted by Crippen LogP contribution is -2.04. The predicted octanol–water partition coefficient (Wildman–Crippen LogP) is 4.27. The molecule has 1 aliphatic rings. The zero-order chi connectivity index (χ0) is 12.5. The molecule has 0 aliphatic heterocycles. The Morgan fingerprint density at radius 1 is 1.33 bits per heavy atom. The lowest BCUT2D eigenvalue weighted by molar-refractivity contribution is 0.668. The maximum Gasteiger partial charge on any atom is 0.0941 e. The summed E-state index contributed by atoms with van der Waals surface area (Å²) in [6.45, 7) is 2.95. The maximum atomic E-state index is 6.00. The first-order valence-electron chi connectivity index (χ1n) is 6.22. The molecule has 0 atom stereocenters. The van der Waals surface area contributed by atoms with E-state index < -0.39 is 0 Å². The minimum Gasteiger partial charge on any atom is -0.264 e. The molecule has 1 aliphatic carbocycles. The van der Waals surface area contributed by atoms with Crippen LogP contribution in [-0.4, -0.2) is 9.78 Å². The van der Waals surface area contributed by atoms with Gasteiger partial charge in [0.2, 0.25) is 0 Å². The largest absolute Gasteiger partial charge is 0.264 e. The van der Waals surface area contributed by atoms with Crippen molar-refractivity contribution in [3.8, 4) is 0 Å². The van der Waals surface area contributed by atoms with Crippen molar-refractivity contribution in [1.29, 1.82) is 0 Å². The van der Waals surface area contributed by atoms with Gasteiger partial charge in [-0.15, -0.1) is 0 Å². The fourth-order valence-electron chi connectivity index (χ4n) is 2.35. The lowest BCUT2D eigenvalue weighted by Gasteiger charge is -2.08. The molecule has 0 spiro atoms. The molecule has 0 fully saturated rings. The third-order valence-corrected chi connectivity index (χ3v) is 3.60. The van der Waals surface area contributed by atoms with Crippen LogP contribution in [0.4, 0.5) is 0 Å². The number of hydrogen-bond donors (Lipinski definition) is 0. The van der Waals surface area contributed by atoms with E-state index in [9.17, 15) is 0 Å². The molecule has 18 heavy (non-hydrogen) atoms. The van der Waals surface area contributed by atoms with Gasteiger partial charge in [-0.3, -0.25) is 4.68 Å². The summed E-state index contributed by atoms with van der Waals surface area (Å²) in [5.41, 5.74) is 3.50. The normalized spacial score (nSPS) is 15.1. The Labute approximate surface area is 112 Å². The van der Waals surface area contributed by atoms with Crippen LogP contribution in [0.25, 0.3) is 10.9 Å². The molecule has 0 saturated carbocycles. The average molecular weight is 259 g/mol. The van der Waals surface area contributed by atoms with Gasteiger partial charge in [0.15, 0.2) is 0 Å². The minimum absolute atomic E-state index is 0.740. The molecule has 0 bridgehead atoms. The highest BCUT2D eigenvalue weighted by Crippen LogP contribution is 2.22. The molecule has 3 rings (SSSR count). The monoisotopic (exact) mass is 258 g/mol. The zero-order valence-corrected chi connectivity index (χ0v) is 11.1. The van der Waals surface area contributed by atoms with Crippen molar-refractivity contribution < 1.29 is 0 Å². The molecule has 1 aromatic heterocycles. The number of aryl methyl sites for hydroxylation is 1. The second-order valence-electron chi connectivity index (χ2n) is 4.66. The molecule has 0 radical (unpaired) electrons. The molecule has 3 heteroatoms. The number of nitrogens with zero attached hydrogens (tertiary/aromatic N) is 2. The van der Waals surface area contributed by atoms with Crippen molar-refractivity contribution in [2.45, 2.75) is 26.3 Å². The number of allylic oxidation sites excluding steroid dienone is 4. The number of halogens is 1. The van der Waals surface area contributed by atoms with E-state index in [1.54, 1.807) is 0 Å². The van der Waals surface area contributed by atoms with Crippen LogP contribution in [0.2, 0.25) is 5.02 Å². The van der Waals surface area contributed by atoms with Gasteiger partial charge in [-0.1, -0.05) is 29.8 Å². The van der Waals surface area contributed by atoms with Gasteiger partial charge in [0.05, 0.1) is 12.1 Å². The van der Waals surface area contributed by atoms with E-state index in [1.807, 2.05) is 18.2 Å². The number of rotatable bonds is 2. The molecule has 2 aromatic rings. The molecule has 2 nitrogen and oxygen atoms in total. The summed E-state index contributed by atoms with van der Waals surface area (Å²) in [6.07, 6.45) is 9.00. The summed E-state index contributed by atoms with van der Waals surface area (Å²) in [5.74, 6) is 0. The summed E-state index contributed by atoms with van der Waals surface area (Å²) >= 11 is 6.00. The summed E-state index contributed by atoms with van der Waals surface area (Å²) in [4.78, 5) is 0. The first-order valence-corrected chi connectivity index (χ1v) is 6.60. The van der Waals surface area contributed by atoms with Crippen LogP contribution in [0.3, 0.4) is 0 Å². The molecule has 0 unspecified atom stereocenters. The highest BCUT2D eigenvalue weighted by Gasteiger charge is 2.08. The molecular formula is C15H15ClN2. The van der Waals surface area contributed by atoms with Crippen LogP contribution in [0, 0.1) is 6.92 Å². The molecule has 1 aromatic carbocycles. The third kappa shape index (κ3) is 2.08. The van der Waals surface area contributed by atoms with E-state index in [1.165, 1.54) is 16.7 Å². The van der Waals surface area contributed by atoms with E-state index in [4.69, 9.17) is 11.6 Å². The Morgan fingerprint density at radius 3 is 3.00 bits per heavy atom. The molecule has 92 valence electrons. The standard InChI is InChI=1S/C15H15ClN2/c1-11-14-8-7-13(16)9-15(14)17-18(11)10-12-5-3-2-4-6-12/h3,5-9H,2,4,10H2,1H3. The Hall–Kier alpha value is -1.54. The number of fused-ring (bicyclic) bond motifs is 1. The van der Waals surface area contributed by atoms with Gasteiger partial charge in [-0.2, -0.15) is 5.10 Å². The summed E-state index contributed by atoms with van der Waals surface area (Å²) in [5, 5.41) is 6.54. The van der Waals surface area contributed by atoms with Crippen molar-refractivity contribution in [3.05, 3.63) is 52.7 Å². The van der Waals surface area contributed by atoms with Gasteiger partial charge in [0, 0.05) is 16.1 Å². The highest BCUT2D eigenvalue weighted by atomic mass is 35.5. The smallest absolute Gasteiger partial charge is 0.0941 e. The fourth-order valence-corrected chi connectivity index (χ4v) is 2.52. The number of hydrogen-bond acceptors (Lipinski definition) is 1. The predicted molar refractivity (Wildman–Crippen MR) is 75.9 cm³/mol. The van der Waals surface area contributed by atoms with Gasteiger partial charge in [0.25, 0.3) is 0 Å². The molecule has 0 amide bonds. The van der Waals surface area contributed by atoms with Crippen molar-refractivity contribution >= 4 is 22.5 Å². The quantitative estimate of drug-likeness (QED) is 0.786. The van der Waals surface area contributed by atoms with Crippen molar-refractivity contribution in [2.75, 3.05) is 0 Å². The molecule has 0 saturated heterocycles. The van der Waals surface area contributed by atoms with E-state index in [-0.39, 0.29) is 0 Å². The van der Waals surface area contributed by atoms with E-state index in [2.05, 4.69) is 34.9 Å². The topological polar surface area (TPSA) is 17.8 Å². The summed E-state index contributed by atoms with van der Waals surface area (Å²) < 4.78 is 2.06. The number of aromatic nitrogens is 2. The van der Waals surface area contributed by atoms with Gasteiger partial charge in [-0.05, 0) is 43.5 Å². The van der Waals surface area contributed by atoms with Crippen LogP contribution in [0.5, 0.6) is 0 Å². The van der Waals surface area contributed by atoms with E-state index in [0.29, 0.717) is 0 Å². The van der Waals surface area contributed by atoms with E-state index in [0.717, 1.165) is 29.9 Å². The Bertz CT molecular complexity index is 650. The van der Waals surface area contributed by atoms with Gasteiger partial charge in [0.1, 0.15) is 0 Å². The Balaban J connectivity index is 1.99. The first-order chi connectivity index (χ1) is 8.74. The number of benzene rings is 1. The van der Waals surface area contributed by atoms with Crippen LogP contribution in [-0.2, 0) is 6.54 Å². The minimum atomic E-state index is 0.740. The third-order valence-electron chi connectivity index (χ3n) is 3.37. The molecule has 1 heterocycles. The first kappa shape index (κ1) is 11.5. The SMILES string of the molecule is Cc1c2ccc(Cl)cc2nn1CC1=CCCC=C1. The van der Waals surface area contributed by atoms with Gasteiger partial charge < -0.3 is 0 Å². The Morgan fingerprint density at radius 2 is 2.22 bits per heavy atom. The summed E-state index contributed by atoms with van der Waals surface area (Å²) in [6, 6.07) is 5.88. The maximum absolute atomic E-state index is 6.00. The van der Waals surface area contributed by atoms with Crippen molar-refractivity contribution in [2.24, 2.45) is 0 Å². The van der Waals surface area contributed by atoms with Gasteiger partial charge >= 0.3 is 0 Å². The van der Waals surface area contributed by atoms with E-state index >= 15 is 0 Å². The second-order valence-corrected chi connectivity index (χ2v) is 5.10. The van der Waals surface area contributed by atoms with Crippen LogP contribution in [0.1, 0.15) is 18.5 Å². The molecular weight excluding hydrogens is 244 g/mol. The van der Waals surface area contributed by atoms with Gasteiger partial charge in [-0.25, -0.2) is 0 Å². The summed E-state index contributed by atoms with van der Waals surface area (Å²) in [7, 11) is 0. The van der Waals surface area contributed by atoms with Crippen molar-refractivity contribution in [1.82, 2.24) is 9.78 Å². The lowest BCUT2D eigenvalue weighted by atomic mass is 10.1. The Kier molecular flexibility index (Phi) is 2.96. The van der Waals surface area contributed by atoms with Crippen LogP contribution >= 0.6 is 11.6 Å². The van der Waals surface area contributed by atoms with Crippen LogP contribution < -0.4 is 0 Å².